The van der Waals surface area contributed by atoms with Gasteiger partial charge < -0.3 is 20.3 Å². The van der Waals surface area contributed by atoms with Crippen LogP contribution in [0.15, 0.2) is 0 Å². The van der Waals surface area contributed by atoms with Crippen molar-refractivity contribution in [2.45, 2.75) is 12.5 Å². The fourth-order valence-electron chi connectivity index (χ4n) is 1.11. The Hall–Kier alpha value is -0.650. The molecule has 5 heteroatoms. The zero-order valence-corrected chi connectivity index (χ0v) is 7.44. The van der Waals surface area contributed by atoms with Gasteiger partial charge in [-0.05, 0) is 6.42 Å². The number of ether oxygens (including phenoxy) is 2. The van der Waals surface area contributed by atoms with E-state index < -0.39 is 12.1 Å². The quantitative estimate of drug-likeness (QED) is 0.548. The van der Waals surface area contributed by atoms with Gasteiger partial charge in [-0.2, -0.15) is 0 Å². The monoisotopic (exact) mass is 189 g/mol. The van der Waals surface area contributed by atoms with Crippen molar-refractivity contribution in [1.29, 1.82) is 0 Å². The van der Waals surface area contributed by atoms with Crippen LogP contribution in [0.2, 0.25) is 0 Å². The highest BCUT2D eigenvalue weighted by Crippen LogP contribution is 2.12. The summed E-state index contributed by atoms with van der Waals surface area (Å²) in [5.41, 5.74) is 5.08. The van der Waals surface area contributed by atoms with Crippen molar-refractivity contribution in [3.8, 4) is 0 Å². The van der Waals surface area contributed by atoms with Gasteiger partial charge in [-0.1, -0.05) is 0 Å². The molecule has 0 spiro atoms. The summed E-state index contributed by atoms with van der Waals surface area (Å²) in [6, 6.07) is 0. The second kappa shape index (κ2) is 5.16. The van der Waals surface area contributed by atoms with Crippen LogP contribution in [0, 0.1) is 5.92 Å². The second-order valence-corrected chi connectivity index (χ2v) is 3.11. The van der Waals surface area contributed by atoms with Crippen molar-refractivity contribution in [3.05, 3.63) is 0 Å². The van der Waals surface area contributed by atoms with Gasteiger partial charge in [0.25, 0.3) is 0 Å². The number of hydrogen-bond acceptors (Lipinski definition) is 5. The van der Waals surface area contributed by atoms with E-state index in [1.807, 2.05) is 0 Å². The standard InChI is InChI=1S/C8H15NO4/c9-3-7(10)8(11)13-5-6-1-2-12-4-6/h6-7,10H,1-5,9H2. The molecule has 0 aromatic rings. The van der Waals surface area contributed by atoms with Crippen LogP contribution < -0.4 is 5.73 Å². The van der Waals surface area contributed by atoms with Crippen LogP contribution in [0.25, 0.3) is 0 Å². The zero-order chi connectivity index (χ0) is 9.68. The van der Waals surface area contributed by atoms with E-state index >= 15 is 0 Å². The molecule has 1 fully saturated rings. The molecule has 1 aliphatic rings. The molecule has 2 unspecified atom stereocenters. The Morgan fingerprint density at radius 1 is 1.77 bits per heavy atom. The number of carbonyl (C=O) groups excluding carboxylic acids is 1. The van der Waals surface area contributed by atoms with E-state index in [9.17, 15) is 4.79 Å². The van der Waals surface area contributed by atoms with Gasteiger partial charge >= 0.3 is 5.97 Å². The first-order chi connectivity index (χ1) is 6.24. The molecule has 76 valence electrons. The summed E-state index contributed by atoms with van der Waals surface area (Å²) in [5, 5.41) is 8.97. The lowest BCUT2D eigenvalue weighted by Crippen LogP contribution is -2.32. The number of nitrogens with two attached hydrogens (primary N) is 1. The summed E-state index contributed by atoms with van der Waals surface area (Å²) in [5.74, 6) is -0.372. The minimum Gasteiger partial charge on any atom is -0.463 e. The Morgan fingerprint density at radius 3 is 3.08 bits per heavy atom. The number of aliphatic hydroxyl groups excluding tert-OH is 1. The predicted octanol–water partition coefficient (Wildman–Crippen LogP) is -1.11. The first-order valence-electron chi connectivity index (χ1n) is 4.36. The van der Waals surface area contributed by atoms with E-state index in [-0.39, 0.29) is 12.5 Å². The van der Waals surface area contributed by atoms with Gasteiger partial charge in [-0.15, -0.1) is 0 Å². The van der Waals surface area contributed by atoms with Crippen molar-refractivity contribution in [2.75, 3.05) is 26.4 Å². The summed E-state index contributed by atoms with van der Waals surface area (Å²) >= 11 is 0. The maximum atomic E-state index is 10.9. The van der Waals surface area contributed by atoms with Crippen LogP contribution in [0.4, 0.5) is 0 Å². The van der Waals surface area contributed by atoms with Crippen LogP contribution >= 0.6 is 0 Å². The molecule has 0 radical (unpaired) electrons. The minimum absolute atomic E-state index is 0.0972. The van der Waals surface area contributed by atoms with E-state index in [0.29, 0.717) is 13.2 Å². The molecule has 0 aliphatic carbocycles. The van der Waals surface area contributed by atoms with Gasteiger partial charge in [0.2, 0.25) is 0 Å². The topological polar surface area (TPSA) is 81.8 Å². The first kappa shape index (κ1) is 10.4. The molecule has 0 aromatic carbocycles. The molecule has 13 heavy (non-hydrogen) atoms. The third-order valence-corrected chi connectivity index (χ3v) is 1.98. The molecule has 0 bridgehead atoms. The van der Waals surface area contributed by atoms with Crippen molar-refractivity contribution in [2.24, 2.45) is 11.7 Å². The van der Waals surface area contributed by atoms with Gasteiger partial charge in [0.05, 0.1) is 13.2 Å². The lowest BCUT2D eigenvalue weighted by atomic mass is 10.1. The normalized spacial score (nSPS) is 24.3. The second-order valence-electron chi connectivity index (χ2n) is 3.11. The fourth-order valence-corrected chi connectivity index (χ4v) is 1.11. The summed E-state index contributed by atoms with van der Waals surface area (Å²) in [6.07, 6.45) is -0.284. The van der Waals surface area contributed by atoms with Gasteiger partial charge in [0, 0.05) is 19.1 Å². The zero-order valence-electron chi connectivity index (χ0n) is 7.44. The van der Waals surface area contributed by atoms with Gasteiger partial charge in [-0.25, -0.2) is 4.79 Å². The van der Waals surface area contributed by atoms with Crippen molar-refractivity contribution < 1.29 is 19.4 Å². The summed E-state index contributed by atoms with van der Waals surface area (Å²) in [6.45, 7) is 1.57. The third-order valence-electron chi connectivity index (χ3n) is 1.98. The van der Waals surface area contributed by atoms with E-state index in [4.69, 9.17) is 20.3 Å². The molecule has 0 saturated carbocycles. The molecule has 1 saturated heterocycles. The highest BCUT2D eigenvalue weighted by atomic mass is 16.5. The lowest BCUT2D eigenvalue weighted by Gasteiger charge is -2.11. The van der Waals surface area contributed by atoms with Gasteiger partial charge in [-0.3, -0.25) is 0 Å². The number of hydrogen-bond donors (Lipinski definition) is 2. The molecule has 1 rings (SSSR count). The molecule has 1 aliphatic heterocycles. The molecule has 0 amide bonds. The average molecular weight is 189 g/mol. The Balaban J connectivity index is 2.13. The summed E-state index contributed by atoms with van der Waals surface area (Å²) < 4.78 is 9.93. The van der Waals surface area contributed by atoms with E-state index in [1.165, 1.54) is 0 Å². The maximum absolute atomic E-state index is 10.9. The molecular formula is C8H15NO4. The van der Waals surface area contributed by atoms with E-state index in [2.05, 4.69) is 0 Å². The predicted molar refractivity (Wildman–Crippen MR) is 44.9 cm³/mol. The Morgan fingerprint density at radius 2 is 2.54 bits per heavy atom. The van der Waals surface area contributed by atoms with Crippen molar-refractivity contribution >= 4 is 5.97 Å². The number of carbonyl (C=O) groups is 1. The maximum Gasteiger partial charge on any atom is 0.336 e. The Bertz CT molecular complexity index is 168. The van der Waals surface area contributed by atoms with Crippen molar-refractivity contribution in [3.63, 3.8) is 0 Å². The Kier molecular flexibility index (Phi) is 4.14. The van der Waals surface area contributed by atoms with Crippen LogP contribution in [-0.4, -0.2) is 43.5 Å². The number of rotatable bonds is 4. The largest absolute Gasteiger partial charge is 0.463 e. The molecule has 5 nitrogen and oxygen atoms in total. The molecule has 0 aromatic heterocycles. The van der Waals surface area contributed by atoms with Crippen molar-refractivity contribution in [1.82, 2.24) is 0 Å². The van der Waals surface area contributed by atoms with E-state index in [0.717, 1.165) is 13.0 Å². The van der Waals surface area contributed by atoms with Gasteiger partial charge in [0.1, 0.15) is 0 Å². The first-order valence-corrected chi connectivity index (χ1v) is 4.36. The number of esters is 1. The smallest absolute Gasteiger partial charge is 0.336 e. The fraction of sp³-hybridized carbons (Fsp3) is 0.875. The summed E-state index contributed by atoms with van der Waals surface area (Å²) in [7, 11) is 0. The van der Waals surface area contributed by atoms with Crippen LogP contribution in [-0.2, 0) is 14.3 Å². The highest BCUT2D eigenvalue weighted by molar-refractivity contribution is 5.74. The van der Waals surface area contributed by atoms with Crippen LogP contribution in [0.1, 0.15) is 6.42 Å². The average Bonchev–Trinajstić information content (AvgIpc) is 2.65. The molecule has 1 heterocycles. The highest BCUT2D eigenvalue weighted by Gasteiger charge is 2.20. The molecule has 3 N–H and O–H groups in total. The Labute approximate surface area is 76.8 Å². The number of aliphatic hydroxyl groups is 1. The van der Waals surface area contributed by atoms with Gasteiger partial charge in [0.15, 0.2) is 6.10 Å². The molecule has 2 atom stereocenters. The summed E-state index contributed by atoms with van der Waals surface area (Å²) in [4.78, 5) is 10.9. The van der Waals surface area contributed by atoms with E-state index in [1.54, 1.807) is 0 Å². The third kappa shape index (κ3) is 3.30. The molecular weight excluding hydrogens is 174 g/mol. The van der Waals surface area contributed by atoms with Crippen LogP contribution in [0.3, 0.4) is 0 Å². The lowest BCUT2D eigenvalue weighted by molar-refractivity contribution is -0.154. The van der Waals surface area contributed by atoms with Crippen LogP contribution in [0.5, 0.6) is 0 Å². The SMILES string of the molecule is NCC(O)C(=O)OCC1CCOC1. The minimum atomic E-state index is -1.19.